The van der Waals surface area contributed by atoms with E-state index < -0.39 is 83.5 Å². The zero-order valence-corrected chi connectivity index (χ0v) is 28.9. The zero-order chi connectivity index (χ0) is 36.0. The number of esters is 4. The number of amides is 2. The number of methoxy groups -OCH3 is 1. The molecular formula is C33H37BrN2O13. The van der Waals surface area contributed by atoms with Crippen LogP contribution in [-0.4, -0.2) is 102 Å². The molecule has 4 rings (SSSR count). The number of fused-ring (bicyclic) bond motifs is 3. The third-order valence-corrected chi connectivity index (χ3v) is 9.17. The van der Waals surface area contributed by atoms with Crippen LogP contribution in [0.4, 0.5) is 4.79 Å². The summed E-state index contributed by atoms with van der Waals surface area (Å²) >= 11 is 3.23. The van der Waals surface area contributed by atoms with Gasteiger partial charge in [0.15, 0.2) is 12.2 Å². The fourth-order valence-electron chi connectivity index (χ4n) is 6.05. The second-order valence-corrected chi connectivity index (χ2v) is 12.4. The van der Waals surface area contributed by atoms with Crippen LogP contribution in [0, 0.1) is 0 Å². The van der Waals surface area contributed by atoms with Crippen LogP contribution in [0.2, 0.25) is 0 Å². The molecule has 7 atom stereocenters. The lowest BCUT2D eigenvalue weighted by Crippen LogP contribution is -2.75. The molecule has 0 aromatic heterocycles. The Balaban J connectivity index is 1.70. The number of carbonyl (C=O) groups is 6. The summed E-state index contributed by atoms with van der Waals surface area (Å²) in [5.74, 6) is -7.77. The average molecular weight is 750 g/mol. The Bertz CT molecular complexity index is 1560. The predicted octanol–water partition coefficient (Wildman–Crippen LogP) is 1.85. The number of carbonyl (C=O) groups excluding carboxylic acids is 6. The number of hydrogen-bond acceptors (Lipinski definition) is 13. The summed E-state index contributed by atoms with van der Waals surface area (Å²) in [5, 5.41) is 16.8. The number of benzene rings is 2. The quantitative estimate of drug-likeness (QED) is 0.171. The van der Waals surface area contributed by atoms with Gasteiger partial charge in [0.1, 0.15) is 24.1 Å². The van der Waals surface area contributed by atoms with Crippen LogP contribution in [0.1, 0.15) is 44.7 Å². The van der Waals surface area contributed by atoms with E-state index in [0.29, 0.717) is 0 Å². The van der Waals surface area contributed by atoms with Gasteiger partial charge in [0, 0.05) is 33.6 Å². The molecule has 1 aliphatic heterocycles. The van der Waals surface area contributed by atoms with Gasteiger partial charge in [-0.05, 0) is 22.3 Å². The van der Waals surface area contributed by atoms with Gasteiger partial charge in [-0.1, -0.05) is 64.5 Å². The molecule has 0 saturated carbocycles. The van der Waals surface area contributed by atoms with Crippen molar-refractivity contribution in [2.45, 2.75) is 74.6 Å². The molecule has 3 N–H and O–H groups in total. The molecule has 2 aromatic carbocycles. The summed E-state index contributed by atoms with van der Waals surface area (Å²) in [7, 11) is 0.970. The molecule has 15 nitrogen and oxygen atoms in total. The van der Waals surface area contributed by atoms with Crippen molar-refractivity contribution in [3.63, 3.8) is 0 Å². The number of ether oxygens (including phenoxy) is 6. The summed E-state index contributed by atoms with van der Waals surface area (Å²) in [6.07, 6.45) is -6.06. The van der Waals surface area contributed by atoms with E-state index in [1.807, 2.05) is 48.5 Å². The van der Waals surface area contributed by atoms with Crippen LogP contribution >= 0.6 is 15.9 Å². The van der Waals surface area contributed by atoms with Crippen LogP contribution in [0.3, 0.4) is 0 Å². The van der Waals surface area contributed by atoms with Gasteiger partial charge in [-0.25, -0.2) is 9.59 Å². The molecule has 2 aromatic rings. The molecule has 0 bridgehead atoms. The van der Waals surface area contributed by atoms with Crippen molar-refractivity contribution >= 4 is 51.8 Å². The van der Waals surface area contributed by atoms with Gasteiger partial charge in [-0.15, -0.1) is 0 Å². The van der Waals surface area contributed by atoms with Crippen molar-refractivity contribution in [2.24, 2.45) is 0 Å². The summed E-state index contributed by atoms with van der Waals surface area (Å²) in [6, 6.07) is 12.6. The van der Waals surface area contributed by atoms with E-state index in [1.165, 1.54) is 0 Å². The van der Waals surface area contributed by atoms with Crippen molar-refractivity contribution in [1.29, 1.82) is 0 Å². The standard InChI is InChI=1S/C33H37BrN2O13/c1-16(37)35-26-27(36-32(42)46-14-24-22-12-8-6-10-20(22)21-11-7-9-13-23(21)24)30(34)33(43,31(41)44-5)49-29(26)28(48-19(4)40)25(47-18(3)39)15-45-17(2)38/h6-13,24-30,43H,14-15H2,1-5H3,(H,35,37)(H,36,42)/t25-,26-,27-,28-,29-,30+,33+/m1/s1. The predicted molar refractivity (Wildman–Crippen MR) is 172 cm³/mol. The number of halogens is 1. The van der Waals surface area contributed by atoms with E-state index >= 15 is 0 Å². The molecule has 1 heterocycles. The fraction of sp³-hybridized carbons (Fsp3) is 0.455. The SMILES string of the molecule is COC(=O)[C@@]1(O)O[C@@H]([C@H](OC(C)=O)[C@@H](COC(C)=O)OC(C)=O)[C@H](NC(C)=O)[C@@H](NC(=O)OCC2c3ccccc3-c3ccccc32)[C@@H]1Br. The molecule has 1 fully saturated rings. The topological polar surface area (TPSA) is 202 Å². The van der Waals surface area contributed by atoms with Crippen LogP contribution in [0.15, 0.2) is 48.5 Å². The van der Waals surface area contributed by atoms with Crippen LogP contribution in [0.5, 0.6) is 0 Å². The Kier molecular flexibility index (Phi) is 12.0. The zero-order valence-electron chi connectivity index (χ0n) is 27.3. The first kappa shape index (κ1) is 37.3. The molecule has 1 aliphatic carbocycles. The van der Waals surface area contributed by atoms with Crippen LogP contribution in [-0.2, 0) is 52.4 Å². The minimum absolute atomic E-state index is 0.0987. The highest BCUT2D eigenvalue weighted by molar-refractivity contribution is 9.09. The first-order valence-electron chi connectivity index (χ1n) is 15.2. The lowest BCUT2D eigenvalue weighted by molar-refractivity contribution is -0.283. The van der Waals surface area contributed by atoms with Crippen molar-refractivity contribution in [2.75, 3.05) is 20.3 Å². The lowest BCUT2D eigenvalue weighted by Gasteiger charge is -2.50. The smallest absolute Gasteiger partial charge is 0.407 e. The van der Waals surface area contributed by atoms with Crippen molar-refractivity contribution in [1.82, 2.24) is 10.6 Å². The van der Waals surface area contributed by atoms with E-state index in [1.54, 1.807) is 0 Å². The Morgan fingerprint density at radius 1 is 0.837 bits per heavy atom. The maximum absolute atomic E-state index is 13.5. The number of alkyl halides is 1. The molecule has 1 saturated heterocycles. The highest BCUT2D eigenvalue weighted by Gasteiger charge is 2.62. The van der Waals surface area contributed by atoms with Gasteiger partial charge in [-0.2, -0.15) is 0 Å². The van der Waals surface area contributed by atoms with E-state index in [2.05, 4.69) is 26.6 Å². The molecule has 16 heteroatoms. The Morgan fingerprint density at radius 3 is 1.92 bits per heavy atom. The van der Waals surface area contributed by atoms with Gasteiger partial charge >= 0.3 is 30.0 Å². The van der Waals surface area contributed by atoms with Gasteiger partial charge in [0.2, 0.25) is 5.91 Å². The third kappa shape index (κ3) is 8.37. The molecule has 0 unspecified atom stereocenters. The molecule has 2 aliphatic rings. The number of rotatable bonds is 11. The average Bonchev–Trinajstić information content (AvgIpc) is 3.37. The van der Waals surface area contributed by atoms with Gasteiger partial charge < -0.3 is 44.2 Å². The van der Waals surface area contributed by atoms with Crippen molar-refractivity contribution in [3.05, 3.63) is 59.7 Å². The molecule has 49 heavy (non-hydrogen) atoms. The number of hydrogen-bond donors (Lipinski definition) is 3. The van der Waals surface area contributed by atoms with Crippen LogP contribution < -0.4 is 10.6 Å². The van der Waals surface area contributed by atoms with E-state index in [9.17, 15) is 33.9 Å². The first-order valence-corrected chi connectivity index (χ1v) is 16.1. The highest BCUT2D eigenvalue weighted by Crippen LogP contribution is 2.44. The first-order chi connectivity index (χ1) is 23.2. The van der Waals surface area contributed by atoms with E-state index in [4.69, 9.17) is 28.4 Å². The monoisotopic (exact) mass is 748 g/mol. The van der Waals surface area contributed by atoms with Crippen molar-refractivity contribution < 1.29 is 62.3 Å². The van der Waals surface area contributed by atoms with Gasteiger partial charge in [0.05, 0.1) is 19.2 Å². The minimum atomic E-state index is -2.89. The molecule has 0 spiro atoms. The summed E-state index contributed by atoms with van der Waals surface area (Å²) < 4.78 is 32.1. The number of nitrogens with one attached hydrogen (secondary N) is 2. The molecule has 0 radical (unpaired) electrons. The second-order valence-electron chi connectivity index (χ2n) is 11.4. The summed E-state index contributed by atoms with van der Waals surface area (Å²) in [4.78, 5) is 73.7. The Hall–Kier alpha value is -4.54. The highest BCUT2D eigenvalue weighted by atomic mass is 79.9. The fourth-order valence-corrected chi connectivity index (χ4v) is 6.81. The minimum Gasteiger partial charge on any atom is -0.465 e. The number of alkyl carbamates (subject to hydrolysis) is 1. The molecule has 264 valence electrons. The summed E-state index contributed by atoms with van der Waals surface area (Å²) in [6.45, 7) is 3.54. The largest absolute Gasteiger partial charge is 0.465 e. The Morgan fingerprint density at radius 2 is 1.41 bits per heavy atom. The van der Waals surface area contributed by atoms with Gasteiger partial charge in [0.25, 0.3) is 5.79 Å². The van der Waals surface area contributed by atoms with E-state index in [0.717, 1.165) is 57.1 Å². The third-order valence-electron chi connectivity index (χ3n) is 7.98. The maximum atomic E-state index is 13.5. The second kappa shape index (κ2) is 15.8. The van der Waals surface area contributed by atoms with Gasteiger partial charge in [-0.3, -0.25) is 19.2 Å². The van der Waals surface area contributed by atoms with E-state index in [-0.39, 0.29) is 12.5 Å². The van der Waals surface area contributed by atoms with Crippen molar-refractivity contribution in [3.8, 4) is 11.1 Å². The normalized spacial score (nSPS) is 23.8. The molecule has 2 amide bonds. The molecular weight excluding hydrogens is 712 g/mol. The number of aliphatic hydroxyl groups is 1. The van der Waals surface area contributed by atoms with Crippen LogP contribution in [0.25, 0.3) is 11.1 Å². The Labute approximate surface area is 290 Å². The maximum Gasteiger partial charge on any atom is 0.407 e. The summed E-state index contributed by atoms with van der Waals surface area (Å²) in [5.41, 5.74) is 3.90. The lowest BCUT2D eigenvalue weighted by atomic mass is 9.86.